The van der Waals surface area contributed by atoms with Crippen molar-refractivity contribution in [1.82, 2.24) is 26.2 Å². The minimum Gasteiger partial charge on any atom is -0.492 e. The maximum Gasteiger partial charge on any atom is 0.265 e. The van der Waals surface area contributed by atoms with Crippen LogP contribution in [0.5, 0.6) is 11.5 Å². The molecule has 0 saturated carbocycles. The summed E-state index contributed by atoms with van der Waals surface area (Å²) in [7, 11) is 0. The quantitative estimate of drug-likeness (QED) is 0.255. The number of nitrogens with one attached hydrogen (secondary N) is 4. The second kappa shape index (κ2) is 16.1. The zero-order valence-electron chi connectivity index (χ0n) is 27.2. The molecule has 0 radical (unpaired) electrons. The number of ether oxygens (including phenoxy) is 2. The number of nitrogens with zero attached hydrogens (tertiary/aromatic N) is 1. The lowest BCUT2D eigenvalue weighted by Crippen LogP contribution is -2.62. The van der Waals surface area contributed by atoms with Crippen LogP contribution in [0.25, 0.3) is 0 Å². The molecule has 0 aliphatic carbocycles. The molecule has 3 aromatic carbocycles. The van der Waals surface area contributed by atoms with Crippen LogP contribution in [0.1, 0.15) is 35.7 Å². The molecule has 0 aromatic heterocycles. The first kappa shape index (κ1) is 34.9. The second-order valence-corrected chi connectivity index (χ2v) is 12.1. The molecule has 13 heteroatoms. The van der Waals surface area contributed by atoms with E-state index in [0.717, 1.165) is 5.56 Å². The maximum absolute atomic E-state index is 14.3. The molecule has 13 nitrogen and oxygen atoms in total. The Kier molecular flexibility index (Phi) is 11.5. The van der Waals surface area contributed by atoms with E-state index >= 15 is 0 Å². The second-order valence-electron chi connectivity index (χ2n) is 12.1. The Hall–Kier alpha value is -5.43. The van der Waals surface area contributed by atoms with Crippen LogP contribution >= 0.6 is 0 Å². The van der Waals surface area contributed by atoms with Gasteiger partial charge in [0.2, 0.25) is 17.7 Å². The van der Waals surface area contributed by atoms with E-state index in [0.29, 0.717) is 17.1 Å². The number of rotatable bonds is 4. The van der Waals surface area contributed by atoms with Gasteiger partial charge in [-0.1, -0.05) is 48.5 Å². The molecular formula is C36H41N5O8. The number of hydrogen-bond acceptors (Lipinski definition) is 8. The lowest BCUT2D eigenvalue weighted by molar-refractivity contribution is -0.144. The van der Waals surface area contributed by atoms with Gasteiger partial charge in [-0.2, -0.15) is 0 Å². The van der Waals surface area contributed by atoms with Crippen molar-refractivity contribution >= 4 is 29.5 Å². The molecule has 0 unspecified atom stereocenters. The lowest BCUT2D eigenvalue weighted by Gasteiger charge is -2.41. The predicted molar refractivity (Wildman–Crippen MR) is 179 cm³/mol. The predicted octanol–water partition coefficient (Wildman–Crippen LogP) is 0.958. The van der Waals surface area contributed by atoms with Gasteiger partial charge >= 0.3 is 0 Å². The number of aliphatic hydroxyl groups is 1. The summed E-state index contributed by atoms with van der Waals surface area (Å²) in [6.45, 7) is 1.46. The van der Waals surface area contributed by atoms with Gasteiger partial charge in [-0.05, 0) is 48.9 Å². The fourth-order valence-electron chi connectivity index (χ4n) is 5.73. The van der Waals surface area contributed by atoms with Gasteiger partial charge in [0.05, 0.1) is 13.2 Å². The fourth-order valence-corrected chi connectivity index (χ4v) is 5.73. The van der Waals surface area contributed by atoms with Gasteiger partial charge in [0.1, 0.15) is 36.2 Å². The molecule has 3 atom stereocenters. The minimum absolute atomic E-state index is 0.0672. The van der Waals surface area contributed by atoms with Crippen molar-refractivity contribution in [3.05, 3.63) is 96.1 Å². The molecule has 3 aliphatic heterocycles. The van der Waals surface area contributed by atoms with Gasteiger partial charge in [-0.3, -0.25) is 24.0 Å². The molecular weight excluding hydrogens is 630 g/mol. The zero-order valence-corrected chi connectivity index (χ0v) is 27.2. The number of likely N-dealkylation sites (tertiary alicyclic amines) is 1. The van der Waals surface area contributed by atoms with E-state index < -0.39 is 54.0 Å². The molecule has 1 spiro atoms. The van der Waals surface area contributed by atoms with Gasteiger partial charge in [-0.25, -0.2) is 0 Å². The third-order valence-corrected chi connectivity index (χ3v) is 8.57. The first-order valence-electron chi connectivity index (χ1n) is 16.3. The van der Waals surface area contributed by atoms with Crippen LogP contribution < -0.4 is 30.7 Å². The van der Waals surface area contributed by atoms with Crippen molar-refractivity contribution in [2.24, 2.45) is 0 Å². The number of benzene rings is 3. The summed E-state index contributed by atoms with van der Waals surface area (Å²) in [5.74, 6) is -1.82. The van der Waals surface area contributed by atoms with Gasteiger partial charge in [0.25, 0.3) is 11.8 Å². The van der Waals surface area contributed by atoms with Crippen LogP contribution in [0.3, 0.4) is 0 Å². The molecule has 3 aliphatic rings. The van der Waals surface area contributed by atoms with Gasteiger partial charge in [-0.15, -0.1) is 0 Å². The average Bonchev–Trinajstić information content (AvgIpc) is 3.12. The smallest absolute Gasteiger partial charge is 0.265 e. The van der Waals surface area contributed by atoms with Gasteiger partial charge in [0, 0.05) is 37.9 Å². The van der Waals surface area contributed by atoms with Crippen LogP contribution in [0.15, 0.2) is 84.9 Å². The molecule has 3 aromatic rings. The normalized spacial score (nSPS) is 22.1. The van der Waals surface area contributed by atoms with Crippen molar-refractivity contribution in [2.45, 2.75) is 49.9 Å². The molecule has 2 bridgehead atoms. The van der Waals surface area contributed by atoms with Gasteiger partial charge < -0.3 is 40.7 Å². The van der Waals surface area contributed by atoms with Crippen molar-refractivity contribution in [2.75, 3.05) is 32.8 Å². The number of carbonyl (C=O) groups is 5. The highest BCUT2D eigenvalue weighted by Gasteiger charge is 2.46. The maximum atomic E-state index is 14.3. The number of amides is 5. The fraction of sp³-hybridized carbons (Fsp3) is 0.361. The summed E-state index contributed by atoms with van der Waals surface area (Å²) >= 11 is 0. The SMILES string of the molecule is C[C@@H]1NC(=O)[C@H](CO)NC(=O)[C@@H](Cc2ccccc2)NC(=O)C2(CCN(C(=O)c3ccccc3)CC2)Oc2ccc(cc2)OCCNC1=O. The third kappa shape index (κ3) is 8.93. The molecule has 6 rings (SSSR count). The first-order valence-corrected chi connectivity index (χ1v) is 16.3. The zero-order chi connectivity index (χ0) is 34.8. The number of carbonyl (C=O) groups excluding carboxylic acids is 5. The molecule has 1 fully saturated rings. The average molecular weight is 672 g/mol. The summed E-state index contributed by atoms with van der Waals surface area (Å²) in [4.78, 5) is 68.6. The van der Waals surface area contributed by atoms with E-state index in [2.05, 4.69) is 21.3 Å². The third-order valence-electron chi connectivity index (χ3n) is 8.57. The van der Waals surface area contributed by atoms with Crippen molar-refractivity contribution in [3.8, 4) is 11.5 Å². The first-order chi connectivity index (χ1) is 23.7. The van der Waals surface area contributed by atoms with Crippen LogP contribution in [-0.2, 0) is 25.6 Å². The number of hydrogen-bond donors (Lipinski definition) is 5. The molecule has 1 saturated heterocycles. The highest BCUT2D eigenvalue weighted by atomic mass is 16.5. The summed E-state index contributed by atoms with van der Waals surface area (Å²) in [5.41, 5.74) is -0.187. The Morgan fingerprint density at radius 1 is 0.796 bits per heavy atom. The topological polar surface area (TPSA) is 175 Å². The minimum atomic E-state index is -1.46. The van der Waals surface area contributed by atoms with Crippen LogP contribution in [0.2, 0.25) is 0 Å². The van der Waals surface area contributed by atoms with E-state index in [9.17, 15) is 29.1 Å². The number of aliphatic hydroxyl groups excluding tert-OH is 1. The van der Waals surface area contributed by atoms with Crippen LogP contribution in [0.4, 0.5) is 0 Å². The Morgan fingerprint density at radius 2 is 1.41 bits per heavy atom. The summed E-state index contributed by atoms with van der Waals surface area (Å²) in [5, 5.41) is 20.6. The van der Waals surface area contributed by atoms with Crippen molar-refractivity contribution in [3.63, 3.8) is 0 Å². The molecule has 258 valence electrons. The van der Waals surface area contributed by atoms with Crippen LogP contribution in [0, 0.1) is 0 Å². The Bertz CT molecular complexity index is 1610. The van der Waals surface area contributed by atoms with Crippen molar-refractivity contribution < 1.29 is 38.6 Å². The Labute approximate surface area is 284 Å². The largest absolute Gasteiger partial charge is 0.492 e. The van der Waals surface area contributed by atoms with E-state index in [1.165, 1.54) is 6.92 Å². The molecule has 5 amide bonds. The standard InChI is InChI=1S/C36H41N5O8/c1-24-31(43)37-18-21-48-27-12-14-28(15-13-27)49-36(16-19-41(20-17-36)34(46)26-10-6-3-7-11-26)35(47)40-29(22-25-8-4-2-5-9-25)32(44)39-30(23-42)33(45)38-24/h2-15,24,29-30,42H,16-23H2,1H3,(H,37,43)(H,38,45)(H,39,44)(H,40,47)/t24-,29+,30-/m0/s1. The van der Waals surface area contributed by atoms with Crippen LogP contribution in [-0.4, -0.2) is 96.1 Å². The highest BCUT2D eigenvalue weighted by molar-refractivity contribution is 5.96. The van der Waals surface area contributed by atoms with Crippen molar-refractivity contribution in [1.29, 1.82) is 0 Å². The number of fused-ring (bicyclic) bond motifs is 15. The summed E-state index contributed by atoms with van der Waals surface area (Å²) in [6.07, 6.45) is 0.334. The lowest BCUT2D eigenvalue weighted by atomic mass is 9.88. The molecule has 5 N–H and O–H groups in total. The molecule has 49 heavy (non-hydrogen) atoms. The van der Waals surface area contributed by atoms with E-state index in [-0.39, 0.29) is 51.4 Å². The highest BCUT2D eigenvalue weighted by Crippen LogP contribution is 2.31. The number of piperidine rings is 1. The van der Waals surface area contributed by atoms with E-state index in [4.69, 9.17) is 9.47 Å². The van der Waals surface area contributed by atoms with E-state index in [1.54, 1.807) is 77.7 Å². The Morgan fingerprint density at radius 3 is 2.06 bits per heavy atom. The summed E-state index contributed by atoms with van der Waals surface area (Å²) in [6, 6.07) is 21.1. The molecule has 3 heterocycles. The van der Waals surface area contributed by atoms with Gasteiger partial charge in [0.15, 0.2) is 5.60 Å². The monoisotopic (exact) mass is 671 g/mol. The van der Waals surface area contributed by atoms with E-state index in [1.807, 2.05) is 12.1 Å². The summed E-state index contributed by atoms with van der Waals surface area (Å²) < 4.78 is 12.2. The Balaban J connectivity index is 1.45.